The molecule has 0 unspecified atom stereocenters. The quantitative estimate of drug-likeness (QED) is 0.190. The van der Waals surface area contributed by atoms with E-state index < -0.39 is 6.03 Å². The Hall–Kier alpha value is -5.26. The lowest BCUT2D eigenvalue weighted by Crippen LogP contribution is -2.19. The predicted octanol–water partition coefficient (Wildman–Crippen LogP) is 4.51. The summed E-state index contributed by atoms with van der Waals surface area (Å²) in [6.07, 6.45) is 1.30. The summed E-state index contributed by atoms with van der Waals surface area (Å²) in [6, 6.07) is 14.7. The van der Waals surface area contributed by atoms with Gasteiger partial charge in [-0.1, -0.05) is 38.1 Å². The van der Waals surface area contributed by atoms with Crippen LogP contribution in [-0.2, 0) is 5.41 Å². The first-order chi connectivity index (χ1) is 18.5. The fourth-order valence-corrected chi connectivity index (χ4v) is 3.56. The van der Waals surface area contributed by atoms with Crippen LogP contribution in [0.15, 0.2) is 65.4 Å². The van der Waals surface area contributed by atoms with E-state index in [4.69, 9.17) is 15.7 Å². The average Bonchev–Trinajstić information content (AvgIpc) is 3.38. The van der Waals surface area contributed by atoms with Crippen molar-refractivity contribution >= 4 is 46.5 Å². The minimum absolute atomic E-state index is 0.0940. The molecule has 4 rings (SSSR count). The van der Waals surface area contributed by atoms with Crippen LogP contribution in [0, 0.1) is 5.41 Å². The molecule has 0 aliphatic rings. The van der Waals surface area contributed by atoms with Crippen molar-refractivity contribution in [1.82, 2.24) is 20.4 Å². The van der Waals surface area contributed by atoms with Crippen molar-refractivity contribution in [3.8, 4) is 0 Å². The van der Waals surface area contributed by atoms with Crippen LogP contribution in [-0.4, -0.2) is 39.8 Å². The van der Waals surface area contributed by atoms with Crippen LogP contribution in [0.25, 0.3) is 0 Å². The molecule has 0 spiro atoms. The van der Waals surface area contributed by atoms with Gasteiger partial charge >= 0.3 is 6.03 Å². The Labute approximate surface area is 224 Å². The number of rotatable bonds is 7. The van der Waals surface area contributed by atoms with Gasteiger partial charge in [0.05, 0.1) is 11.3 Å². The summed E-state index contributed by atoms with van der Waals surface area (Å²) in [5.41, 5.74) is 8.51. The molecule has 2 heterocycles. The lowest BCUT2D eigenvalue weighted by Gasteiger charge is -2.14. The van der Waals surface area contributed by atoms with Crippen LogP contribution in [0.2, 0.25) is 0 Å². The summed E-state index contributed by atoms with van der Waals surface area (Å²) in [6.45, 7) is 5.96. The number of amides is 3. The van der Waals surface area contributed by atoms with Crippen LogP contribution in [0.1, 0.15) is 48.0 Å². The van der Waals surface area contributed by atoms with E-state index in [2.05, 4.69) is 36.4 Å². The Kier molecular flexibility index (Phi) is 7.56. The molecule has 12 heteroatoms. The van der Waals surface area contributed by atoms with E-state index in [1.807, 2.05) is 20.8 Å². The maximum absolute atomic E-state index is 12.4. The second-order valence-electron chi connectivity index (χ2n) is 9.62. The van der Waals surface area contributed by atoms with Crippen molar-refractivity contribution in [3.63, 3.8) is 0 Å². The maximum atomic E-state index is 12.4. The molecule has 7 N–H and O–H groups in total. The number of urea groups is 1. The number of carbonyl (C=O) groups is 2. The number of nitrogen functional groups attached to an aromatic ring is 1. The second-order valence-corrected chi connectivity index (χ2v) is 9.62. The van der Waals surface area contributed by atoms with E-state index in [9.17, 15) is 9.59 Å². The predicted molar refractivity (Wildman–Crippen MR) is 150 cm³/mol. The molecule has 0 fully saturated rings. The Morgan fingerprint density at radius 3 is 2.18 bits per heavy atom. The zero-order valence-electron chi connectivity index (χ0n) is 21.9. The van der Waals surface area contributed by atoms with E-state index in [0.29, 0.717) is 45.5 Å². The summed E-state index contributed by atoms with van der Waals surface area (Å²) >= 11 is 0. The molecule has 0 atom stereocenters. The first-order valence-electron chi connectivity index (χ1n) is 12.0. The van der Waals surface area contributed by atoms with E-state index in [1.165, 1.54) is 6.33 Å². The molecule has 0 aliphatic heterocycles. The lowest BCUT2D eigenvalue weighted by molar-refractivity contribution is 0.0963. The SMILES string of the molecule is CNC(=O)c1ccc(C(=N)c2c(N)ncnc2Nc2ccc(NC(=O)Nc3cc(C(C)(C)C)on3)cc2)cc1. The first kappa shape index (κ1) is 26.8. The summed E-state index contributed by atoms with van der Waals surface area (Å²) in [4.78, 5) is 32.5. The minimum Gasteiger partial charge on any atom is -0.383 e. The third kappa shape index (κ3) is 6.36. The minimum atomic E-state index is -0.466. The van der Waals surface area contributed by atoms with Crippen molar-refractivity contribution in [2.24, 2.45) is 0 Å². The summed E-state index contributed by atoms with van der Waals surface area (Å²) in [5, 5.41) is 23.7. The standard InChI is InChI=1S/C27H29N9O3/c1-27(2,3)19-13-20(36-39-19)35-26(38)34-18-11-9-17(10-12-18)33-24-21(23(29)31-14-32-24)22(28)15-5-7-16(8-6-15)25(37)30-4/h5-14,28H,1-4H3,(H,30,37)(H3,29,31,32,33)(H2,34,35,36,38). The van der Waals surface area contributed by atoms with Crippen molar-refractivity contribution in [2.75, 3.05) is 28.7 Å². The van der Waals surface area contributed by atoms with Gasteiger partial charge in [0.25, 0.3) is 5.91 Å². The Morgan fingerprint density at radius 1 is 0.923 bits per heavy atom. The number of hydrogen-bond donors (Lipinski definition) is 6. The van der Waals surface area contributed by atoms with Gasteiger partial charge in [-0.15, -0.1) is 0 Å². The van der Waals surface area contributed by atoms with Crippen LogP contribution in [0.4, 0.5) is 33.6 Å². The summed E-state index contributed by atoms with van der Waals surface area (Å²) in [7, 11) is 1.55. The monoisotopic (exact) mass is 527 g/mol. The van der Waals surface area contributed by atoms with Gasteiger partial charge in [-0.2, -0.15) is 0 Å². The van der Waals surface area contributed by atoms with Crippen molar-refractivity contribution in [1.29, 1.82) is 5.41 Å². The number of benzene rings is 2. The average molecular weight is 528 g/mol. The van der Waals surface area contributed by atoms with Crippen LogP contribution in [0.5, 0.6) is 0 Å². The van der Waals surface area contributed by atoms with Gasteiger partial charge in [-0.3, -0.25) is 15.5 Å². The van der Waals surface area contributed by atoms with Gasteiger partial charge in [0.15, 0.2) is 5.82 Å². The highest BCUT2D eigenvalue weighted by Gasteiger charge is 2.20. The van der Waals surface area contributed by atoms with Crippen molar-refractivity contribution in [2.45, 2.75) is 26.2 Å². The van der Waals surface area contributed by atoms with E-state index in [1.54, 1.807) is 61.6 Å². The molecule has 0 aliphatic carbocycles. The third-order valence-electron chi connectivity index (χ3n) is 5.69. The smallest absolute Gasteiger partial charge is 0.324 e. The fourth-order valence-electron chi connectivity index (χ4n) is 3.56. The molecule has 0 saturated heterocycles. The third-order valence-corrected chi connectivity index (χ3v) is 5.69. The highest BCUT2D eigenvalue weighted by atomic mass is 16.5. The topological polar surface area (TPSA) is 184 Å². The second kappa shape index (κ2) is 11.0. The van der Waals surface area contributed by atoms with Crippen molar-refractivity contribution in [3.05, 3.63) is 83.4 Å². The normalized spacial score (nSPS) is 11.0. The molecule has 0 saturated carbocycles. The van der Waals surface area contributed by atoms with Gasteiger partial charge in [0.1, 0.15) is 23.7 Å². The Bertz CT molecular complexity index is 1510. The number of aromatic nitrogens is 3. The number of anilines is 5. The molecule has 2 aromatic heterocycles. The maximum Gasteiger partial charge on any atom is 0.324 e. The number of carbonyl (C=O) groups excluding carboxylic acids is 2. The number of nitrogens with one attached hydrogen (secondary N) is 5. The first-order valence-corrected chi connectivity index (χ1v) is 12.0. The van der Waals surface area contributed by atoms with Gasteiger partial charge in [0, 0.05) is 41.0 Å². The highest BCUT2D eigenvalue weighted by Crippen LogP contribution is 2.26. The van der Waals surface area contributed by atoms with Gasteiger partial charge in [0.2, 0.25) is 0 Å². The molecular formula is C27H29N9O3. The van der Waals surface area contributed by atoms with Crippen LogP contribution < -0.4 is 27.0 Å². The van der Waals surface area contributed by atoms with Gasteiger partial charge in [-0.25, -0.2) is 14.8 Å². The fraction of sp³-hybridized carbons (Fsp3) is 0.185. The number of hydrogen-bond acceptors (Lipinski definition) is 9. The molecule has 3 amide bonds. The van der Waals surface area contributed by atoms with E-state index in [-0.39, 0.29) is 22.9 Å². The molecule has 0 radical (unpaired) electrons. The van der Waals surface area contributed by atoms with E-state index in [0.717, 1.165) is 0 Å². The number of nitrogens with two attached hydrogens (primary N) is 1. The molecule has 39 heavy (non-hydrogen) atoms. The zero-order chi connectivity index (χ0) is 28.2. The van der Waals surface area contributed by atoms with Gasteiger partial charge in [-0.05, 0) is 36.4 Å². The van der Waals surface area contributed by atoms with E-state index >= 15 is 0 Å². The van der Waals surface area contributed by atoms with Crippen LogP contribution >= 0.6 is 0 Å². The van der Waals surface area contributed by atoms with Gasteiger partial charge < -0.3 is 26.2 Å². The molecule has 12 nitrogen and oxygen atoms in total. The molecule has 2 aromatic carbocycles. The van der Waals surface area contributed by atoms with Crippen molar-refractivity contribution < 1.29 is 14.1 Å². The zero-order valence-corrected chi connectivity index (χ0v) is 21.9. The highest BCUT2D eigenvalue weighted by molar-refractivity contribution is 6.16. The Balaban J connectivity index is 1.45. The summed E-state index contributed by atoms with van der Waals surface area (Å²) in [5.74, 6) is 1.22. The molecule has 200 valence electrons. The van der Waals surface area contributed by atoms with Crippen LogP contribution in [0.3, 0.4) is 0 Å². The molecule has 0 bridgehead atoms. The number of nitrogens with zero attached hydrogens (tertiary/aromatic N) is 3. The largest absolute Gasteiger partial charge is 0.383 e. The Morgan fingerprint density at radius 2 is 1.56 bits per heavy atom. The lowest BCUT2D eigenvalue weighted by atomic mass is 9.93. The summed E-state index contributed by atoms with van der Waals surface area (Å²) < 4.78 is 5.28. The molecular weight excluding hydrogens is 498 g/mol. The molecule has 4 aromatic rings.